The first-order chi connectivity index (χ1) is 12.0. The average Bonchev–Trinajstić information content (AvgIpc) is 2.60. The third-order valence-corrected chi connectivity index (χ3v) is 4.32. The van der Waals surface area contributed by atoms with E-state index in [1.165, 1.54) is 12.5 Å². The van der Waals surface area contributed by atoms with Crippen LogP contribution in [-0.4, -0.2) is 29.6 Å². The molecule has 1 aromatic carbocycles. The molecule has 132 valence electrons. The van der Waals surface area contributed by atoms with Crippen molar-refractivity contribution in [2.24, 2.45) is 5.92 Å². The lowest BCUT2D eigenvalue weighted by molar-refractivity contribution is -0.139. The molecule has 1 aliphatic carbocycles. The van der Waals surface area contributed by atoms with E-state index >= 15 is 0 Å². The Balaban J connectivity index is 2.08. The Labute approximate surface area is 147 Å². The van der Waals surface area contributed by atoms with E-state index in [4.69, 9.17) is 9.84 Å². The molecule has 0 heterocycles. The molecule has 25 heavy (non-hydrogen) atoms. The summed E-state index contributed by atoms with van der Waals surface area (Å²) in [5, 5.41) is 20.9. The van der Waals surface area contributed by atoms with Crippen LogP contribution in [-0.2, 0) is 9.59 Å². The summed E-state index contributed by atoms with van der Waals surface area (Å²) in [5.41, 5.74) is 0.624. The summed E-state index contributed by atoms with van der Waals surface area (Å²) in [4.78, 5) is 22.9. The molecule has 0 unspecified atom stereocenters. The monoisotopic (exact) mass is 342 g/mol. The zero-order valence-corrected chi connectivity index (χ0v) is 14.2. The predicted octanol–water partition coefficient (Wildman–Crippen LogP) is 2.75. The molecule has 2 N–H and O–H groups in total. The molecule has 0 saturated heterocycles. The highest BCUT2D eigenvalue weighted by molar-refractivity contribution is 6.01. The SMILES string of the molecule is C[C@H]1CCCC[C@@H]1NC(=O)/C(C#N)=C/c1cccc(OCC(=O)O)c1. The van der Waals surface area contributed by atoms with E-state index < -0.39 is 12.6 Å². The standard InChI is InChI=1S/C19H22N2O4/c1-13-5-2-3-8-17(13)21-19(24)15(11-20)9-14-6-4-7-16(10-14)25-12-18(22)23/h4,6-7,9-10,13,17H,2-3,5,8,12H2,1H3,(H,21,24)(H,22,23)/b15-9+/t13-,17-/m0/s1. The Morgan fingerprint density at radius 1 is 1.40 bits per heavy atom. The van der Waals surface area contributed by atoms with E-state index in [2.05, 4.69) is 12.2 Å². The van der Waals surface area contributed by atoms with Gasteiger partial charge in [0.2, 0.25) is 0 Å². The summed E-state index contributed by atoms with van der Waals surface area (Å²) >= 11 is 0. The second kappa shape index (κ2) is 8.88. The highest BCUT2D eigenvalue weighted by Crippen LogP contribution is 2.24. The first-order valence-electron chi connectivity index (χ1n) is 8.37. The molecule has 6 nitrogen and oxygen atoms in total. The highest BCUT2D eigenvalue weighted by atomic mass is 16.5. The number of benzene rings is 1. The lowest BCUT2D eigenvalue weighted by atomic mass is 9.86. The van der Waals surface area contributed by atoms with Crippen molar-refractivity contribution in [3.8, 4) is 11.8 Å². The third-order valence-electron chi connectivity index (χ3n) is 4.32. The minimum Gasteiger partial charge on any atom is -0.482 e. The lowest BCUT2D eigenvalue weighted by Gasteiger charge is -2.29. The maximum atomic E-state index is 12.4. The number of carboxylic acids is 1. The number of amides is 1. The van der Waals surface area contributed by atoms with E-state index in [0.29, 0.717) is 17.2 Å². The van der Waals surface area contributed by atoms with Crippen LogP contribution in [0.5, 0.6) is 5.75 Å². The van der Waals surface area contributed by atoms with Crippen molar-refractivity contribution in [1.82, 2.24) is 5.32 Å². The Bertz CT molecular complexity index is 706. The summed E-state index contributed by atoms with van der Waals surface area (Å²) in [6.45, 7) is 1.67. The molecule has 0 bridgehead atoms. The molecule has 1 fully saturated rings. The maximum Gasteiger partial charge on any atom is 0.341 e. The molecular formula is C19H22N2O4. The lowest BCUT2D eigenvalue weighted by Crippen LogP contribution is -2.41. The summed E-state index contributed by atoms with van der Waals surface area (Å²) in [6.07, 6.45) is 5.77. The summed E-state index contributed by atoms with van der Waals surface area (Å²) in [7, 11) is 0. The van der Waals surface area contributed by atoms with Crippen LogP contribution < -0.4 is 10.1 Å². The van der Waals surface area contributed by atoms with E-state index in [0.717, 1.165) is 19.3 Å². The summed E-state index contributed by atoms with van der Waals surface area (Å²) in [5.74, 6) is -0.669. The van der Waals surface area contributed by atoms with Crippen molar-refractivity contribution in [3.05, 3.63) is 35.4 Å². The normalized spacial score (nSPS) is 20.4. The fourth-order valence-electron chi connectivity index (χ4n) is 2.93. The second-order valence-electron chi connectivity index (χ2n) is 6.27. The maximum absolute atomic E-state index is 12.4. The molecule has 2 atom stereocenters. The van der Waals surface area contributed by atoms with E-state index in [1.54, 1.807) is 24.3 Å². The van der Waals surface area contributed by atoms with Crippen LogP contribution in [0.3, 0.4) is 0 Å². The van der Waals surface area contributed by atoms with Crippen LogP contribution in [0.2, 0.25) is 0 Å². The molecule has 0 radical (unpaired) electrons. The number of ether oxygens (including phenoxy) is 1. The smallest absolute Gasteiger partial charge is 0.341 e. The second-order valence-corrected chi connectivity index (χ2v) is 6.27. The largest absolute Gasteiger partial charge is 0.482 e. The number of aliphatic carboxylic acids is 1. The van der Waals surface area contributed by atoms with Gasteiger partial charge in [-0.2, -0.15) is 5.26 Å². The van der Waals surface area contributed by atoms with E-state index in [1.807, 2.05) is 6.07 Å². The molecule has 0 spiro atoms. The fourth-order valence-corrected chi connectivity index (χ4v) is 2.93. The van der Waals surface area contributed by atoms with Crippen LogP contribution >= 0.6 is 0 Å². The molecule has 6 heteroatoms. The number of rotatable bonds is 6. The van der Waals surface area contributed by atoms with Crippen molar-refractivity contribution in [1.29, 1.82) is 5.26 Å². The quantitative estimate of drug-likeness (QED) is 0.612. The molecule has 1 saturated carbocycles. The Morgan fingerprint density at radius 3 is 2.84 bits per heavy atom. The van der Waals surface area contributed by atoms with Crippen molar-refractivity contribution in [3.63, 3.8) is 0 Å². The van der Waals surface area contributed by atoms with Gasteiger partial charge in [-0.1, -0.05) is 31.9 Å². The minimum absolute atomic E-state index is 0.0214. The third kappa shape index (κ3) is 5.64. The van der Waals surface area contributed by atoms with Crippen molar-refractivity contribution in [2.75, 3.05) is 6.61 Å². The molecule has 2 rings (SSSR count). The number of carbonyl (C=O) groups excluding carboxylic acids is 1. The minimum atomic E-state index is -1.07. The fraction of sp³-hybridized carbons (Fsp3) is 0.421. The number of nitrogens with zero attached hydrogens (tertiary/aromatic N) is 1. The van der Waals surface area contributed by atoms with Crippen molar-refractivity contribution < 1.29 is 19.4 Å². The van der Waals surface area contributed by atoms with Gasteiger partial charge in [0.05, 0.1) is 0 Å². The number of hydrogen-bond acceptors (Lipinski definition) is 4. The number of nitriles is 1. The highest BCUT2D eigenvalue weighted by Gasteiger charge is 2.24. The molecule has 1 aromatic rings. The molecule has 0 aliphatic heterocycles. The van der Waals surface area contributed by atoms with Crippen LogP contribution in [0.4, 0.5) is 0 Å². The van der Waals surface area contributed by atoms with Gasteiger partial charge in [-0.05, 0) is 42.5 Å². The topological polar surface area (TPSA) is 99.4 Å². The van der Waals surface area contributed by atoms with Crippen LogP contribution in [0, 0.1) is 17.2 Å². The number of nitrogens with one attached hydrogen (secondary N) is 1. The summed E-state index contributed by atoms with van der Waals surface area (Å²) in [6, 6.07) is 8.66. The predicted molar refractivity (Wildman–Crippen MR) is 92.7 cm³/mol. The molecule has 1 amide bonds. The Kier molecular flexibility index (Phi) is 6.58. The van der Waals surface area contributed by atoms with Crippen LogP contribution in [0.15, 0.2) is 29.8 Å². The van der Waals surface area contributed by atoms with E-state index in [9.17, 15) is 14.9 Å². The molecular weight excluding hydrogens is 320 g/mol. The van der Waals surface area contributed by atoms with Crippen molar-refractivity contribution >= 4 is 18.0 Å². The zero-order valence-electron chi connectivity index (χ0n) is 14.2. The van der Waals surface area contributed by atoms with E-state index in [-0.39, 0.29) is 17.5 Å². The van der Waals surface area contributed by atoms with Crippen LogP contribution in [0.1, 0.15) is 38.2 Å². The Morgan fingerprint density at radius 2 is 2.16 bits per heavy atom. The van der Waals surface area contributed by atoms with Gasteiger partial charge < -0.3 is 15.2 Å². The van der Waals surface area contributed by atoms with Gasteiger partial charge in [0, 0.05) is 6.04 Å². The van der Waals surface area contributed by atoms with Crippen LogP contribution in [0.25, 0.3) is 6.08 Å². The zero-order chi connectivity index (χ0) is 18.2. The molecule has 1 aliphatic rings. The van der Waals surface area contributed by atoms with Gasteiger partial charge in [-0.15, -0.1) is 0 Å². The summed E-state index contributed by atoms with van der Waals surface area (Å²) < 4.78 is 5.11. The van der Waals surface area contributed by atoms with Gasteiger partial charge in [-0.25, -0.2) is 4.79 Å². The van der Waals surface area contributed by atoms with Gasteiger partial charge >= 0.3 is 5.97 Å². The number of hydrogen-bond donors (Lipinski definition) is 2. The average molecular weight is 342 g/mol. The van der Waals surface area contributed by atoms with Gasteiger partial charge in [0.15, 0.2) is 6.61 Å². The van der Waals surface area contributed by atoms with Gasteiger partial charge in [0.25, 0.3) is 5.91 Å². The first kappa shape index (κ1) is 18.5. The van der Waals surface area contributed by atoms with Gasteiger partial charge in [0.1, 0.15) is 17.4 Å². The molecule has 0 aromatic heterocycles. The first-order valence-corrected chi connectivity index (χ1v) is 8.37. The number of carboxylic acid groups (broad SMARTS) is 1. The van der Waals surface area contributed by atoms with Gasteiger partial charge in [-0.3, -0.25) is 4.79 Å². The number of carbonyl (C=O) groups is 2. The van der Waals surface area contributed by atoms with Crippen molar-refractivity contribution in [2.45, 2.75) is 38.6 Å². The Hall–Kier alpha value is -2.81.